The van der Waals surface area contributed by atoms with Crippen molar-refractivity contribution in [1.82, 2.24) is 8.61 Å². The quantitative estimate of drug-likeness (QED) is 0.321. The minimum atomic E-state index is -1.33. The summed E-state index contributed by atoms with van der Waals surface area (Å²) in [5.74, 6) is 0. The second-order valence-corrected chi connectivity index (χ2v) is 9.21. The van der Waals surface area contributed by atoms with Gasteiger partial charge in [-0.05, 0) is 61.1 Å². The number of ether oxygens (including phenoxy) is 2. The Balaban J connectivity index is 2.24. The minimum Gasteiger partial charge on any atom is -0.464 e. The van der Waals surface area contributed by atoms with Gasteiger partial charge in [0.15, 0.2) is 0 Å². The molecular formula is C24H30N4O8S. The van der Waals surface area contributed by atoms with E-state index < -0.39 is 24.4 Å². The summed E-state index contributed by atoms with van der Waals surface area (Å²) in [5.41, 5.74) is 5.08. The molecule has 2 aromatic rings. The number of amides is 4. The molecule has 0 heterocycles. The molecule has 2 aromatic carbocycles. The van der Waals surface area contributed by atoms with Crippen molar-refractivity contribution >= 4 is 47.9 Å². The largest absolute Gasteiger partial charge is 0.464 e. The van der Waals surface area contributed by atoms with E-state index in [4.69, 9.17) is 0 Å². The smallest absolute Gasteiger partial charge is 0.419 e. The highest BCUT2D eigenvalue weighted by atomic mass is 32.2. The average Bonchev–Trinajstić information content (AvgIpc) is 2.82. The zero-order chi connectivity index (χ0) is 27.9. The average molecular weight is 535 g/mol. The van der Waals surface area contributed by atoms with Gasteiger partial charge in [0.25, 0.3) is 0 Å². The molecule has 0 spiro atoms. The normalized spacial score (nSPS) is 10.3. The predicted octanol–water partition coefficient (Wildman–Crippen LogP) is 5.50. The van der Waals surface area contributed by atoms with Gasteiger partial charge in [-0.1, -0.05) is 24.3 Å². The number of benzene rings is 2. The Hall–Kier alpha value is -4.13. The first-order valence-corrected chi connectivity index (χ1v) is 11.7. The SMILES string of the molecule is COC(=O)Nc1c(C)cc(CN(SN(Cc2cc(C)c(NC(=O)OC)c(C)c2)C(=O)O)C(=O)O)cc1C. The van der Waals surface area contributed by atoms with Gasteiger partial charge in [-0.2, -0.15) is 0 Å². The monoisotopic (exact) mass is 534 g/mol. The van der Waals surface area contributed by atoms with Crippen LogP contribution in [-0.4, -0.2) is 57.4 Å². The van der Waals surface area contributed by atoms with E-state index in [1.165, 1.54) is 14.2 Å². The van der Waals surface area contributed by atoms with E-state index in [-0.39, 0.29) is 13.1 Å². The fourth-order valence-electron chi connectivity index (χ4n) is 3.70. The van der Waals surface area contributed by atoms with Crippen molar-refractivity contribution in [1.29, 1.82) is 0 Å². The fourth-order valence-corrected chi connectivity index (χ4v) is 4.49. The van der Waals surface area contributed by atoms with E-state index in [0.717, 1.165) is 8.61 Å². The van der Waals surface area contributed by atoms with Crippen molar-refractivity contribution in [2.45, 2.75) is 40.8 Å². The minimum absolute atomic E-state index is 0.107. The van der Waals surface area contributed by atoms with Gasteiger partial charge in [-0.3, -0.25) is 10.6 Å². The van der Waals surface area contributed by atoms with E-state index >= 15 is 0 Å². The third kappa shape index (κ3) is 7.93. The van der Waals surface area contributed by atoms with Gasteiger partial charge in [0, 0.05) is 11.4 Å². The lowest BCUT2D eigenvalue weighted by atomic mass is 10.0. The van der Waals surface area contributed by atoms with Crippen molar-refractivity contribution in [3.8, 4) is 0 Å². The Morgan fingerprint density at radius 2 is 1.00 bits per heavy atom. The molecule has 0 saturated heterocycles. The molecule has 0 saturated carbocycles. The summed E-state index contributed by atoms with van der Waals surface area (Å²) in [5, 5.41) is 24.8. The number of hydrogen-bond acceptors (Lipinski definition) is 7. The second-order valence-electron chi connectivity index (χ2n) is 8.16. The van der Waals surface area contributed by atoms with Crippen LogP contribution < -0.4 is 10.6 Å². The van der Waals surface area contributed by atoms with E-state index in [1.54, 1.807) is 52.0 Å². The zero-order valence-electron chi connectivity index (χ0n) is 21.4. The summed E-state index contributed by atoms with van der Waals surface area (Å²) in [4.78, 5) is 47.1. The number of rotatable bonds is 8. The Morgan fingerprint density at radius 1 is 0.703 bits per heavy atom. The molecule has 0 unspecified atom stereocenters. The molecule has 37 heavy (non-hydrogen) atoms. The molecule has 0 aliphatic carbocycles. The molecule has 13 heteroatoms. The zero-order valence-corrected chi connectivity index (χ0v) is 22.2. The molecule has 0 radical (unpaired) electrons. The summed E-state index contributed by atoms with van der Waals surface area (Å²) >= 11 is 0.544. The summed E-state index contributed by atoms with van der Waals surface area (Å²) in [6.45, 7) is 6.81. The third-order valence-corrected chi connectivity index (χ3v) is 6.25. The lowest BCUT2D eigenvalue weighted by Gasteiger charge is -2.25. The first-order chi connectivity index (χ1) is 17.4. The number of nitrogens with one attached hydrogen (secondary N) is 2. The maximum absolute atomic E-state index is 12.0. The van der Waals surface area contributed by atoms with Crippen LogP contribution in [0.4, 0.5) is 30.6 Å². The van der Waals surface area contributed by atoms with Crippen LogP contribution in [0.25, 0.3) is 0 Å². The number of nitrogens with zero attached hydrogens (tertiary/aromatic N) is 2. The number of carboxylic acid groups (broad SMARTS) is 2. The maximum Gasteiger partial charge on any atom is 0.419 e. The van der Waals surface area contributed by atoms with Crippen LogP contribution in [0.3, 0.4) is 0 Å². The number of carbonyl (C=O) groups is 4. The van der Waals surface area contributed by atoms with Crippen molar-refractivity contribution < 1.29 is 38.9 Å². The lowest BCUT2D eigenvalue weighted by molar-refractivity contribution is 0.166. The van der Waals surface area contributed by atoms with Gasteiger partial charge in [0.1, 0.15) is 0 Å². The lowest BCUT2D eigenvalue weighted by Crippen LogP contribution is -2.31. The number of hydrogen-bond donors (Lipinski definition) is 4. The highest BCUT2D eigenvalue weighted by Crippen LogP contribution is 2.29. The fraction of sp³-hybridized carbons (Fsp3) is 0.333. The van der Waals surface area contributed by atoms with Gasteiger partial charge in [-0.25, -0.2) is 27.8 Å². The molecule has 4 amide bonds. The molecule has 200 valence electrons. The number of aryl methyl sites for hydroxylation is 4. The summed E-state index contributed by atoms with van der Waals surface area (Å²) in [6.07, 6.45) is -3.90. The van der Waals surface area contributed by atoms with E-state index in [1.807, 2.05) is 0 Å². The predicted molar refractivity (Wildman–Crippen MR) is 139 cm³/mol. The third-order valence-electron chi connectivity index (χ3n) is 5.29. The van der Waals surface area contributed by atoms with Gasteiger partial charge < -0.3 is 19.7 Å². The van der Waals surface area contributed by atoms with E-state index in [9.17, 15) is 29.4 Å². The van der Waals surface area contributed by atoms with Gasteiger partial charge in [-0.15, -0.1) is 0 Å². The van der Waals surface area contributed by atoms with Crippen LogP contribution in [0.2, 0.25) is 0 Å². The van der Waals surface area contributed by atoms with Crippen molar-refractivity contribution in [2.24, 2.45) is 0 Å². The molecule has 0 aromatic heterocycles. The Kier molecular flexibility index (Phi) is 10.0. The Labute approximate surface area is 218 Å². The van der Waals surface area contributed by atoms with Crippen molar-refractivity contribution in [3.63, 3.8) is 0 Å². The summed E-state index contributed by atoms with van der Waals surface area (Å²) in [6, 6.07) is 6.83. The molecule has 2 rings (SSSR count). The Morgan fingerprint density at radius 3 is 1.24 bits per heavy atom. The number of anilines is 2. The van der Waals surface area contributed by atoms with E-state index in [0.29, 0.717) is 56.9 Å². The van der Waals surface area contributed by atoms with Gasteiger partial charge in [0.05, 0.1) is 39.4 Å². The summed E-state index contributed by atoms with van der Waals surface area (Å²) in [7, 11) is 2.50. The first-order valence-electron chi connectivity index (χ1n) is 10.9. The Bertz CT molecular complexity index is 1070. The molecule has 12 nitrogen and oxygen atoms in total. The molecule has 0 atom stereocenters. The van der Waals surface area contributed by atoms with Crippen LogP contribution >= 0.6 is 12.1 Å². The second kappa shape index (κ2) is 12.7. The number of carbonyl (C=O) groups excluding carboxylic acids is 2. The topological polar surface area (TPSA) is 158 Å². The van der Waals surface area contributed by atoms with Crippen LogP contribution in [0, 0.1) is 27.7 Å². The standard InChI is InChI=1S/C24H30N4O8S/c1-13-7-17(8-14(2)19(13)25-21(29)35-5)11-27(23(31)32)37-28(24(33)34)12-18-9-15(3)20(16(4)10-18)26-22(30)36-6/h7-10H,11-12H2,1-6H3,(H,25,29)(H,26,30)(H,31,32)(H,33,34). The van der Waals surface area contributed by atoms with E-state index in [2.05, 4.69) is 20.1 Å². The van der Waals surface area contributed by atoms with Crippen LogP contribution in [0.15, 0.2) is 24.3 Å². The van der Waals surface area contributed by atoms with Gasteiger partial charge in [0.2, 0.25) is 0 Å². The summed E-state index contributed by atoms with van der Waals surface area (Å²) < 4.78 is 11.1. The highest BCUT2D eigenvalue weighted by molar-refractivity contribution is 7.95. The van der Waals surface area contributed by atoms with Crippen LogP contribution in [0.1, 0.15) is 33.4 Å². The van der Waals surface area contributed by atoms with Crippen LogP contribution in [0.5, 0.6) is 0 Å². The molecule has 0 aliphatic heterocycles. The maximum atomic E-state index is 12.0. The molecule has 0 bridgehead atoms. The molecular weight excluding hydrogens is 504 g/mol. The number of methoxy groups -OCH3 is 2. The van der Waals surface area contributed by atoms with Gasteiger partial charge >= 0.3 is 24.4 Å². The van der Waals surface area contributed by atoms with Crippen molar-refractivity contribution in [2.75, 3.05) is 24.9 Å². The molecule has 4 N–H and O–H groups in total. The molecule has 0 fully saturated rings. The molecule has 0 aliphatic rings. The first kappa shape index (κ1) is 29.1. The van der Waals surface area contributed by atoms with Crippen molar-refractivity contribution in [3.05, 3.63) is 57.6 Å². The highest BCUT2D eigenvalue weighted by Gasteiger charge is 2.24. The van der Waals surface area contributed by atoms with Crippen LogP contribution in [-0.2, 0) is 22.6 Å².